The number of hydrogen-bond acceptors (Lipinski definition) is 4. The van der Waals surface area contributed by atoms with Crippen molar-refractivity contribution in [3.05, 3.63) is 52.3 Å². The highest BCUT2D eigenvalue weighted by Crippen LogP contribution is 2.22. The summed E-state index contributed by atoms with van der Waals surface area (Å²) in [6.45, 7) is 6.71. The molecule has 0 spiro atoms. The van der Waals surface area contributed by atoms with Crippen LogP contribution in [-0.4, -0.2) is 9.97 Å². The molecule has 0 saturated heterocycles. The molecule has 0 bridgehead atoms. The lowest BCUT2D eigenvalue weighted by Crippen LogP contribution is -1.98. The Morgan fingerprint density at radius 1 is 1.05 bits per heavy atom. The average Bonchev–Trinajstić information content (AvgIpc) is 2.36. The highest BCUT2D eigenvalue weighted by atomic mass is 32.2. The maximum atomic E-state index is 5.64. The Morgan fingerprint density at radius 3 is 2.32 bits per heavy atom. The molecule has 1 aromatic carbocycles. The van der Waals surface area contributed by atoms with Gasteiger partial charge in [-0.1, -0.05) is 30.0 Å². The zero-order valence-corrected chi connectivity index (χ0v) is 12.4. The molecule has 19 heavy (non-hydrogen) atoms. The number of aryl methyl sites for hydroxylation is 3. The van der Waals surface area contributed by atoms with E-state index in [9.17, 15) is 0 Å². The van der Waals surface area contributed by atoms with Gasteiger partial charge in [-0.2, -0.15) is 0 Å². The summed E-state index contributed by atoms with van der Waals surface area (Å²) in [4.78, 5) is 8.89. The molecular formula is C15H19N3S. The third-order valence-electron chi connectivity index (χ3n) is 2.96. The molecule has 0 radical (unpaired) electrons. The van der Waals surface area contributed by atoms with Crippen LogP contribution < -0.4 is 5.73 Å². The fraction of sp³-hybridized carbons (Fsp3) is 0.333. The number of rotatable bonds is 4. The molecule has 2 N–H and O–H groups in total. The van der Waals surface area contributed by atoms with E-state index in [-0.39, 0.29) is 0 Å². The normalized spacial score (nSPS) is 10.7. The van der Waals surface area contributed by atoms with E-state index < -0.39 is 0 Å². The molecular weight excluding hydrogens is 254 g/mol. The summed E-state index contributed by atoms with van der Waals surface area (Å²) in [6, 6.07) is 8.38. The van der Waals surface area contributed by atoms with Gasteiger partial charge in [0.05, 0.1) is 0 Å². The summed E-state index contributed by atoms with van der Waals surface area (Å²) in [7, 11) is 0. The molecule has 0 unspecified atom stereocenters. The van der Waals surface area contributed by atoms with E-state index in [2.05, 4.69) is 35.1 Å². The molecule has 0 saturated carbocycles. The van der Waals surface area contributed by atoms with E-state index in [0.717, 1.165) is 22.3 Å². The Hall–Kier alpha value is -1.39. The van der Waals surface area contributed by atoms with E-state index in [1.165, 1.54) is 16.7 Å². The van der Waals surface area contributed by atoms with Crippen LogP contribution in [0.15, 0.2) is 29.4 Å². The van der Waals surface area contributed by atoms with E-state index in [0.29, 0.717) is 6.54 Å². The highest BCUT2D eigenvalue weighted by Gasteiger charge is 2.04. The van der Waals surface area contributed by atoms with Gasteiger partial charge >= 0.3 is 0 Å². The standard InChI is InChI=1S/C15H19N3S/c1-10-6-13(8-16)4-5-14(10)9-19-15-17-11(2)7-12(3)18-15/h4-7H,8-9,16H2,1-3H3. The molecule has 3 nitrogen and oxygen atoms in total. The summed E-state index contributed by atoms with van der Waals surface area (Å²) in [5, 5.41) is 0.847. The number of hydrogen-bond donors (Lipinski definition) is 1. The third kappa shape index (κ3) is 3.78. The van der Waals surface area contributed by atoms with Crippen LogP contribution in [0.25, 0.3) is 0 Å². The SMILES string of the molecule is Cc1cc(C)nc(SCc2ccc(CN)cc2C)n1. The van der Waals surface area contributed by atoms with Crippen LogP contribution in [0.5, 0.6) is 0 Å². The molecule has 2 aromatic rings. The first-order valence-corrected chi connectivity index (χ1v) is 7.30. The molecule has 0 aliphatic rings. The topological polar surface area (TPSA) is 51.8 Å². The second kappa shape index (κ2) is 6.17. The van der Waals surface area contributed by atoms with E-state index in [4.69, 9.17) is 5.73 Å². The number of aromatic nitrogens is 2. The Bertz CT molecular complexity index is 561. The number of nitrogens with zero attached hydrogens (tertiary/aromatic N) is 2. The first kappa shape index (κ1) is 14.0. The molecule has 0 amide bonds. The number of benzene rings is 1. The van der Waals surface area contributed by atoms with E-state index in [1.54, 1.807) is 11.8 Å². The molecule has 0 fully saturated rings. The second-order valence-corrected chi connectivity index (χ2v) is 5.63. The van der Waals surface area contributed by atoms with Crippen LogP contribution in [0.1, 0.15) is 28.1 Å². The zero-order chi connectivity index (χ0) is 13.8. The average molecular weight is 273 g/mol. The second-order valence-electron chi connectivity index (χ2n) is 4.69. The smallest absolute Gasteiger partial charge is 0.188 e. The van der Waals surface area contributed by atoms with Gasteiger partial charge in [0.1, 0.15) is 0 Å². The molecule has 0 aliphatic carbocycles. The Balaban J connectivity index is 2.10. The fourth-order valence-electron chi connectivity index (χ4n) is 1.95. The summed E-state index contributed by atoms with van der Waals surface area (Å²) in [5.41, 5.74) is 11.4. The van der Waals surface area contributed by atoms with Crippen LogP contribution in [0.2, 0.25) is 0 Å². The minimum atomic E-state index is 0.592. The zero-order valence-electron chi connectivity index (χ0n) is 11.6. The molecule has 0 atom stereocenters. The lowest BCUT2D eigenvalue weighted by atomic mass is 10.1. The quantitative estimate of drug-likeness (QED) is 0.687. The van der Waals surface area contributed by atoms with Gasteiger partial charge in [0.2, 0.25) is 0 Å². The maximum Gasteiger partial charge on any atom is 0.188 e. The highest BCUT2D eigenvalue weighted by molar-refractivity contribution is 7.98. The van der Waals surface area contributed by atoms with Gasteiger partial charge in [-0.05, 0) is 43.5 Å². The van der Waals surface area contributed by atoms with Gasteiger partial charge in [0, 0.05) is 23.7 Å². The molecule has 2 rings (SSSR count). The molecule has 4 heteroatoms. The van der Waals surface area contributed by atoms with E-state index >= 15 is 0 Å². The van der Waals surface area contributed by atoms with Crippen molar-refractivity contribution in [1.29, 1.82) is 0 Å². The number of nitrogens with two attached hydrogens (primary N) is 1. The van der Waals surface area contributed by atoms with Crippen molar-refractivity contribution in [1.82, 2.24) is 9.97 Å². The lowest BCUT2D eigenvalue weighted by molar-refractivity contribution is 0.901. The van der Waals surface area contributed by atoms with Gasteiger partial charge in [-0.3, -0.25) is 0 Å². The van der Waals surface area contributed by atoms with Crippen LogP contribution in [0.4, 0.5) is 0 Å². The number of thioether (sulfide) groups is 1. The van der Waals surface area contributed by atoms with E-state index in [1.807, 2.05) is 19.9 Å². The van der Waals surface area contributed by atoms with Gasteiger partial charge in [0.25, 0.3) is 0 Å². The van der Waals surface area contributed by atoms with Crippen LogP contribution in [-0.2, 0) is 12.3 Å². The van der Waals surface area contributed by atoms with Gasteiger partial charge in [0.15, 0.2) is 5.16 Å². The van der Waals surface area contributed by atoms with Crippen molar-refractivity contribution in [3.63, 3.8) is 0 Å². The third-order valence-corrected chi connectivity index (χ3v) is 3.86. The Kier molecular flexibility index (Phi) is 4.56. The van der Waals surface area contributed by atoms with Crippen molar-refractivity contribution in [2.75, 3.05) is 0 Å². The molecule has 100 valence electrons. The van der Waals surface area contributed by atoms with Crippen molar-refractivity contribution >= 4 is 11.8 Å². The summed E-state index contributed by atoms with van der Waals surface area (Å²) < 4.78 is 0. The Morgan fingerprint density at radius 2 is 1.74 bits per heavy atom. The largest absolute Gasteiger partial charge is 0.326 e. The summed E-state index contributed by atoms with van der Waals surface area (Å²) >= 11 is 1.68. The van der Waals surface area contributed by atoms with Crippen molar-refractivity contribution < 1.29 is 0 Å². The first-order valence-electron chi connectivity index (χ1n) is 6.32. The van der Waals surface area contributed by atoms with Crippen LogP contribution in [0, 0.1) is 20.8 Å². The predicted molar refractivity (Wildman–Crippen MR) is 80.1 cm³/mol. The molecule has 0 aliphatic heterocycles. The van der Waals surface area contributed by atoms with Crippen LogP contribution in [0.3, 0.4) is 0 Å². The van der Waals surface area contributed by atoms with Crippen molar-refractivity contribution in [2.45, 2.75) is 38.2 Å². The molecule has 1 aromatic heterocycles. The maximum absolute atomic E-state index is 5.64. The minimum Gasteiger partial charge on any atom is -0.326 e. The predicted octanol–water partition coefficient (Wildman–Crippen LogP) is 3.15. The monoisotopic (exact) mass is 273 g/mol. The first-order chi connectivity index (χ1) is 9.08. The van der Waals surface area contributed by atoms with Crippen molar-refractivity contribution in [3.8, 4) is 0 Å². The summed E-state index contributed by atoms with van der Waals surface area (Å²) in [5.74, 6) is 0.888. The van der Waals surface area contributed by atoms with Crippen LogP contribution >= 0.6 is 11.8 Å². The van der Waals surface area contributed by atoms with Gasteiger partial charge in [-0.15, -0.1) is 0 Å². The lowest BCUT2D eigenvalue weighted by Gasteiger charge is -2.07. The van der Waals surface area contributed by atoms with Crippen molar-refractivity contribution in [2.24, 2.45) is 5.73 Å². The minimum absolute atomic E-state index is 0.592. The van der Waals surface area contributed by atoms with Gasteiger partial charge in [-0.25, -0.2) is 9.97 Å². The summed E-state index contributed by atoms with van der Waals surface area (Å²) in [6.07, 6.45) is 0. The molecule has 1 heterocycles. The van der Waals surface area contributed by atoms with Gasteiger partial charge < -0.3 is 5.73 Å². The Labute approximate surface area is 118 Å². The fourth-order valence-corrected chi connectivity index (χ4v) is 2.97.